The molecule has 0 fully saturated rings. The van der Waals surface area contributed by atoms with E-state index in [9.17, 15) is 40.3 Å². The van der Waals surface area contributed by atoms with Gasteiger partial charge in [-0.1, -0.05) is 0 Å². The minimum absolute atomic E-state index is 0.0332. The van der Waals surface area contributed by atoms with Gasteiger partial charge in [-0.15, -0.1) is 0 Å². The standard InChI is InChI=1S/C23H16F7N5O3/c1-38-17(36)10-31-20-18(11-6-12(22(25,26)27)8-13(7-11)23(28,29)30)34-19-16(9-32-35(19)20)21(37)33-15-4-2-14(24)3-5-15/h2-9,31-32H,10H2,1H3,(H,33,37). The Balaban J connectivity index is 1.86. The van der Waals surface area contributed by atoms with Crippen molar-refractivity contribution in [3.63, 3.8) is 0 Å². The van der Waals surface area contributed by atoms with Crippen molar-refractivity contribution in [1.29, 1.82) is 0 Å². The molecule has 8 nitrogen and oxygen atoms in total. The number of alkyl halides is 6. The molecule has 0 unspecified atom stereocenters. The van der Waals surface area contributed by atoms with E-state index in [2.05, 4.69) is 25.5 Å². The summed E-state index contributed by atoms with van der Waals surface area (Å²) in [5, 5.41) is 7.68. The number of rotatable bonds is 6. The van der Waals surface area contributed by atoms with Crippen LogP contribution in [0.1, 0.15) is 21.5 Å². The molecular formula is C23H16F7N5O3. The molecule has 2 aromatic heterocycles. The third-order valence-corrected chi connectivity index (χ3v) is 5.29. The number of halogens is 7. The third kappa shape index (κ3) is 5.40. The quantitative estimate of drug-likeness (QED) is 0.225. The number of carbonyl (C=O) groups excluding carboxylic acids is 2. The number of benzene rings is 2. The third-order valence-electron chi connectivity index (χ3n) is 5.29. The number of carbonyl (C=O) groups is 2. The summed E-state index contributed by atoms with van der Waals surface area (Å²) < 4.78 is 99.4. The van der Waals surface area contributed by atoms with Crippen LogP contribution in [0.2, 0.25) is 0 Å². The van der Waals surface area contributed by atoms with E-state index >= 15 is 0 Å². The van der Waals surface area contributed by atoms with Crippen LogP contribution in [0.3, 0.4) is 0 Å². The molecule has 4 rings (SSSR count). The average molecular weight is 543 g/mol. The fraction of sp³-hybridized carbons (Fsp3) is 0.174. The van der Waals surface area contributed by atoms with Gasteiger partial charge in [0.15, 0.2) is 11.5 Å². The van der Waals surface area contributed by atoms with Crippen LogP contribution in [0.4, 0.5) is 42.2 Å². The first-order valence-electron chi connectivity index (χ1n) is 10.5. The van der Waals surface area contributed by atoms with E-state index in [0.29, 0.717) is 12.1 Å². The highest BCUT2D eigenvalue weighted by Crippen LogP contribution is 2.40. The molecule has 0 saturated carbocycles. The number of H-pyrrole nitrogens is 1. The summed E-state index contributed by atoms with van der Waals surface area (Å²) in [6, 6.07) is 5.65. The van der Waals surface area contributed by atoms with Gasteiger partial charge in [-0.05, 0) is 42.5 Å². The molecule has 0 bridgehead atoms. The number of hydrogen-bond donors (Lipinski definition) is 3. The van der Waals surface area contributed by atoms with Crippen molar-refractivity contribution in [2.24, 2.45) is 0 Å². The van der Waals surface area contributed by atoms with Crippen molar-refractivity contribution >= 4 is 29.0 Å². The van der Waals surface area contributed by atoms with Gasteiger partial charge in [-0.2, -0.15) is 26.3 Å². The lowest BCUT2D eigenvalue weighted by molar-refractivity contribution is -0.143. The van der Waals surface area contributed by atoms with Crippen molar-refractivity contribution in [2.45, 2.75) is 12.4 Å². The molecule has 3 N–H and O–H groups in total. The van der Waals surface area contributed by atoms with Gasteiger partial charge in [0, 0.05) is 17.4 Å². The lowest BCUT2D eigenvalue weighted by atomic mass is 10.0. The number of nitrogens with zero attached hydrogens (tertiary/aromatic N) is 2. The molecule has 4 aromatic rings. The summed E-state index contributed by atoms with van der Waals surface area (Å²) in [6.07, 6.45) is -9.05. The van der Waals surface area contributed by atoms with Crippen LogP contribution in [0.25, 0.3) is 16.9 Å². The van der Waals surface area contributed by atoms with Crippen LogP contribution in [-0.2, 0) is 21.9 Å². The number of esters is 1. The summed E-state index contributed by atoms with van der Waals surface area (Å²) >= 11 is 0. The molecule has 15 heteroatoms. The minimum atomic E-state index is -5.11. The van der Waals surface area contributed by atoms with Crippen LogP contribution in [0.5, 0.6) is 0 Å². The highest BCUT2D eigenvalue weighted by molar-refractivity contribution is 6.08. The summed E-state index contributed by atoms with van der Waals surface area (Å²) in [5.41, 5.74) is -4.27. The predicted molar refractivity (Wildman–Crippen MR) is 120 cm³/mol. The van der Waals surface area contributed by atoms with E-state index in [4.69, 9.17) is 0 Å². The Hall–Kier alpha value is -4.56. The summed E-state index contributed by atoms with van der Waals surface area (Å²) in [4.78, 5) is 28.7. The molecule has 0 radical (unpaired) electrons. The molecule has 0 atom stereocenters. The molecule has 0 saturated heterocycles. The number of hydrogen-bond acceptors (Lipinski definition) is 5. The fourth-order valence-electron chi connectivity index (χ4n) is 3.50. The van der Waals surface area contributed by atoms with Gasteiger partial charge in [0.1, 0.15) is 23.6 Å². The maximum Gasteiger partial charge on any atom is 0.416 e. The summed E-state index contributed by atoms with van der Waals surface area (Å²) in [5.74, 6) is -2.32. The number of aromatic amines is 1. The van der Waals surface area contributed by atoms with Gasteiger partial charge in [0.2, 0.25) is 0 Å². The molecule has 2 heterocycles. The normalized spacial score (nSPS) is 12.0. The monoisotopic (exact) mass is 543 g/mol. The number of amides is 1. The van der Waals surface area contributed by atoms with Crippen molar-refractivity contribution in [1.82, 2.24) is 14.6 Å². The second kappa shape index (κ2) is 9.72. The predicted octanol–water partition coefficient (Wildman–Crippen LogP) is 5.34. The Morgan fingerprint density at radius 3 is 2.16 bits per heavy atom. The molecule has 0 spiro atoms. The summed E-state index contributed by atoms with van der Waals surface area (Å²) in [7, 11) is 1.08. The highest BCUT2D eigenvalue weighted by atomic mass is 19.4. The van der Waals surface area contributed by atoms with E-state index in [0.717, 1.165) is 23.8 Å². The highest BCUT2D eigenvalue weighted by Gasteiger charge is 2.37. The number of anilines is 2. The van der Waals surface area contributed by atoms with Gasteiger partial charge in [0.25, 0.3) is 5.91 Å². The van der Waals surface area contributed by atoms with Gasteiger partial charge < -0.3 is 15.4 Å². The molecule has 1 amide bonds. The van der Waals surface area contributed by atoms with Crippen LogP contribution in [0, 0.1) is 5.82 Å². The van der Waals surface area contributed by atoms with Crippen molar-refractivity contribution in [3.8, 4) is 11.3 Å². The van der Waals surface area contributed by atoms with Crippen LogP contribution < -0.4 is 10.6 Å². The van der Waals surface area contributed by atoms with E-state index in [1.807, 2.05) is 0 Å². The van der Waals surface area contributed by atoms with Crippen LogP contribution >= 0.6 is 0 Å². The van der Waals surface area contributed by atoms with E-state index in [1.54, 1.807) is 0 Å². The average Bonchev–Trinajstić information content (AvgIpc) is 3.42. The van der Waals surface area contributed by atoms with E-state index in [-0.39, 0.29) is 28.8 Å². The topological polar surface area (TPSA) is 101 Å². The smallest absolute Gasteiger partial charge is 0.416 e. The van der Waals surface area contributed by atoms with Gasteiger partial charge >= 0.3 is 18.3 Å². The van der Waals surface area contributed by atoms with E-state index < -0.39 is 59.0 Å². The van der Waals surface area contributed by atoms with Crippen LogP contribution in [-0.4, -0.2) is 40.1 Å². The van der Waals surface area contributed by atoms with Crippen molar-refractivity contribution in [2.75, 3.05) is 24.3 Å². The lowest BCUT2D eigenvalue weighted by Crippen LogP contribution is -2.16. The molecule has 200 valence electrons. The second-order valence-corrected chi connectivity index (χ2v) is 7.84. The Morgan fingerprint density at radius 1 is 1.00 bits per heavy atom. The van der Waals surface area contributed by atoms with Crippen molar-refractivity contribution < 1.29 is 45.1 Å². The number of methoxy groups -OCH3 is 1. The molecule has 38 heavy (non-hydrogen) atoms. The number of fused-ring (bicyclic) bond motifs is 1. The Labute approximate surface area is 208 Å². The van der Waals surface area contributed by atoms with Gasteiger partial charge in [-0.3, -0.25) is 14.7 Å². The SMILES string of the molecule is COC(=O)CNc1c(-c2cc(C(F)(F)F)cc(C(F)(F)F)c2)nc2c(C(=O)Nc3ccc(F)cc3)c[nH]n12. The first kappa shape index (κ1) is 26.5. The van der Waals surface area contributed by atoms with Crippen molar-refractivity contribution in [3.05, 3.63) is 71.2 Å². The lowest BCUT2D eigenvalue weighted by Gasteiger charge is -2.14. The van der Waals surface area contributed by atoms with Crippen LogP contribution in [0.15, 0.2) is 48.7 Å². The fourth-order valence-corrected chi connectivity index (χ4v) is 3.50. The number of imidazole rings is 1. The Kier molecular flexibility index (Phi) is 6.78. The van der Waals surface area contributed by atoms with E-state index in [1.165, 1.54) is 18.3 Å². The second-order valence-electron chi connectivity index (χ2n) is 7.84. The molecule has 0 aliphatic rings. The molecular weight excluding hydrogens is 527 g/mol. The Bertz CT molecular complexity index is 1470. The molecule has 0 aliphatic heterocycles. The first-order valence-corrected chi connectivity index (χ1v) is 10.5. The van der Waals surface area contributed by atoms with Gasteiger partial charge in [0.05, 0.1) is 18.2 Å². The van der Waals surface area contributed by atoms with Gasteiger partial charge in [-0.25, -0.2) is 13.9 Å². The first-order chi connectivity index (χ1) is 17.8. The maximum absolute atomic E-state index is 13.4. The zero-order valence-electron chi connectivity index (χ0n) is 19.1. The minimum Gasteiger partial charge on any atom is -0.468 e. The molecule has 2 aromatic carbocycles. The zero-order valence-corrected chi connectivity index (χ0v) is 19.1. The number of nitrogens with one attached hydrogen (secondary N) is 3. The number of ether oxygens (including phenoxy) is 1. The zero-order chi connectivity index (χ0) is 27.8. The Morgan fingerprint density at radius 2 is 1.61 bits per heavy atom. The largest absolute Gasteiger partial charge is 0.468 e. The maximum atomic E-state index is 13.4. The number of aromatic nitrogens is 3. The summed E-state index contributed by atoms with van der Waals surface area (Å²) in [6.45, 7) is -0.529. The molecule has 0 aliphatic carbocycles.